The van der Waals surface area contributed by atoms with E-state index in [0.717, 1.165) is 0 Å². The lowest BCUT2D eigenvalue weighted by atomic mass is 9.94. The normalized spacial score (nSPS) is 12.4. The first kappa shape index (κ1) is 14.2. The number of carboxylic acids is 2. The quantitative estimate of drug-likeness (QED) is 0.776. The van der Waals surface area contributed by atoms with E-state index in [2.05, 4.69) is 0 Å². The average molecular weight is 256 g/mol. The molecule has 0 amide bonds. The lowest BCUT2D eigenvalue weighted by molar-refractivity contribution is -0.199. The number of aliphatic carboxylic acids is 2. The van der Waals surface area contributed by atoms with Gasteiger partial charge in [-0.1, -0.05) is 0 Å². The number of ether oxygens (including phenoxy) is 1. The highest BCUT2D eigenvalue weighted by atomic mass is 16.6. The van der Waals surface area contributed by atoms with Gasteiger partial charge in [-0.05, 0) is 32.4 Å². The fraction of sp³-hybridized carbons (Fsp3) is 0.500. The molecule has 0 aliphatic carbocycles. The van der Waals surface area contributed by atoms with Crippen LogP contribution in [0.3, 0.4) is 0 Å². The third-order valence-electron chi connectivity index (χ3n) is 2.20. The molecular weight excluding hydrogens is 240 g/mol. The molecule has 0 spiro atoms. The molecule has 2 N–H and O–H groups in total. The standard InChI is InChI=1S/C12H16O6/c1-11(2,3)18-12(9(13)14,10(15)16)6-8-4-5-17-7-8/h4-5,7H,6H2,1-3H3,(H,13,14)(H,15,16). The van der Waals surface area contributed by atoms with Gasteiger partial charge < -0.3 is 19.4 Å². The van der Waals surface area contributed by atoms with Gasteiger partial charge in [0, 0.05) is 6.42 Å². The summed E-state index contributed by atoms with van der Waals surface area (Å²) in [7, 11) is 0. The summed E-state index contributed by atoms with van der Waals surface area (Å²) in [4.78, 5) is 22.7. The number of hydrogen-bond donors (Lipinski definition) is 2. The molecule has 0 radical (unpaired) electrons. The van der Waals surface area contributed by atoms with E-state index in [1.54, 1.807) is 20.8 Å². The second-order valence-electron chi connectivity index (χ2n) is 4.96. The summed E-state index contributed by atoms with van der Waals surface area (Å²) in [5, 5.41) is 18.4. The zero-order valence-electron chi connectivity index (χ0n) is 10.5. The summed E-state index contributed by atoms with van der Waals surface area (Å²) >= 11 is 0. The van der Waals surface area contributed by atoms with Crippen LogP contribution in [-0.4, -0.2) is 33.4 Å². The zero-order chi connectivity index (χ0) is 14.0. The summed E-state index contributed by atoms with van der Waals surface area (Å²) in [5.74, 6) is -3.07. The molecule has 0 aliphatic heterocycles. The Morgan fingerprint density at radius 1 is 1.28 bits per heavy atom. The Balaban J connectivity index is 3.14. The number of furan rings is 1. The molecule has 100 valence electrons. The van der Waals surface area contributed by atoms with Crippen LogP contribution < -0.4 is 0 Å². The summed E-state index contributed by atoms with van der Waals surface area (Å²) in [6, 6.07) is 1.51. The van der Waals surface area contributed by atoms with Crippen LogP contribution in [0.15, 0.2) is 23.0 Å². The Hall–Kier alpha value is -1.82. The summed E-state index contributed by atoms with van der Waals surface area (Å²) in [5.41, 5.74) is -2.77. The van der Waals surface area contributed by atoms with E-state index in [4.69, 9.17) is 9.15 Å². The third-order valence-corrected chi connectivity index (χ3v) is 2.20. The second kappa shape index (κ2) is 4.81. The predicted molar refractivity (Wildman–Crippen MR) is 61.3 cm³/mol. The van der Waals surface area contributed by atoms with Gasteiger partial charge in [0.1, 0.15) is 0 Å². The zero-order valence-corrected chi connectivity index (χ0v) is 10.5. The van der Waals surface area contributed by atoms with Crippen LogP contribution in [-0.2, 0) is 20.7 Å². The number of hydrogen-bond acceptors (Lipinski definition) is 4. The molecule has 0 atom stereocenters. The summed E-state index contributed by atoms with van der Waals surface area (Å²) in [6.07, 6.45) is 2.35. The van der Waals surface area contributed by atoms with Crippen molar-refractivity contribution < 1.29 is 29.0 Å². The van der Waals surface area contributed by atoms with Gasteiger partial charge in [-0.3, -0.25) is 0 Å². The first-order chi connectivity index (χ1) is 8.17. The number of rotatable bonds is 5. The fourth-order valence-corrected chi connectivity index (χ4v) is 1.57. The van der Waals surface area contributed by atoms with Gasteiger partial charge in [0.05, 0.1) is 18.1 Å². The van der Waals surface area contributed by atoms with Crippen LogP contribution in [0.4, 0.5) is 0 Å². The van der Waals surface area contributed by atoms with E-state index in [-0.39, 0.29) is 6.42 Å². The van der Waals surface area contributed by atoms with Gasteiger partial charge in [0.2, 0.25) is 0 Å². The van der Waals surface area contributed by atoms with Crippen LogP contribution in [0.2, 0.25) is 0 Å². The Kier molecular flexibility index (Phi) is 3.81. The van der Waals surface area contributed by atoms with E-state index in [0.29, 0.717) is 5.56 Å². The van der Waals surface area contributed by atoms with Crippen LogP contribution in [0.1, 0.15) is 26.3 Å². The van der Waals surface area contributed by atoms with E-state index in [9.17, 15) is 19.8 Å². The van der Waals surface area contributed by atoms with Crippen molar-refractivity contribution in [2.24, 2.45) is 0 Å². The molecule has 1 aromatic rings. The van der Waals surface area contributed by atoms with Crippen molar-refractivity contribution in [2.45, 2.75) is 38.4 Å². The molecule has 1 heterocycles. The fourth-order valence-electron chi connectivity index (χ4n) is 1.57. The monoisotopic (exact) mass is 256 g/mol. The Morgan fingerprint density at radius 2 is 1.83 bits per heavy atom. The first-order valence-electron chi connectivity index (χ1n) is 5.35. The maximum atomic E-state index is 11.3. The third kappa shape index (κ3) is 3.10. The molecule has 1 aromatic heterocycles. The SMILES string of the molecule is CC(C)(C)OC(Cc1ccoc1)(C(=O)O)C(=O)O. The highest BCUT2D eigenvalue weighted by Crippen LogP contribution is 2.26. The molecule has 18 heavy (non-hydrogen) atoms. The van der Waals surface area contributed by atoms with Crippen molar-refractivity contribution in [3.05, 3.63) is 24.2 Å². The van der Waals surface area contributed by atoms with Gasteiger partial charge >= 0.3 is 11.9 Å². The molecule has 1 rings (SSSR count). The maximum Gasteiger partial charge on any atom is 0.348 e. The largest absolute Gasteiger partial charge is 0.479 e. The minimum Gasteiger partial charge on any atom is -0.479 e. The molecule has 0 saturated heterocycles. The van der Waals surface area contributed by atoms with Gasteiger partial charge in [0.15, 0.2) is 0 Å². The Morgan fingerprint density at radius 3 is 2.17 bits per heavy atom. The predicted octanol–water partition coefficient (Wildman–Crippen LogP) is 1.55. The van der Waals surface area contributed by atoms with Crippen molar-refractivity contribution in [1.29, 1.82) is 0 Å². The maximum absolute atomic E-state index is 11.3. The highest BCUT2D eigenvalue weighted by molar-refractivity contribution is 6.02. The average Bonchev–Trinajstić information content (AvgIpc) is 2.66. The van der Waals surface area contributed by atoms with Crippen molar-refractivity contribution in [1.82, 2.24) is 0 Å². The lowest BCUT2D eigenvalue weighted by Gasteiger charge is -2.32. The van der Waals surface area contributed by atoms with Crippen LogP contribution >= 0.6 is 0 Å². The molecule has 6 nitrogen and oxygen atoms in total. The van der Waals surface area contributed by atoms with Crippen molar-refractivity contribution >= 4 is 11.9 Å². The minimum atomic E-state index is -2.32. The van der Waals surface area contributed by atoms with Crippen LogP contribution in [0, 0.1) is 0 Å². The minimum absolute atomic E-state index is 0.300. The highest BCUT2D eigenvalue weighted by Gasteiger charge is 2.51. The van der Waals surface area contributed by atoms with Crippen molar-refractivity contribution in [2.75, 3.05) is 0 Å². The molecule has 0 aliphatic rings. The van der Waals surface area contributed by atoms with E-state index < -0.39 is 23.1 Å². The molecule has 0 bridgehead atoms. The van der Waals surface area contributed by atoms with E-state index >= 15 is 0 Å². The van der Waals surface area contributed by atoms with E-state index in [1.807, 2.05) is 0 Å². The van der Waals surface area contributed by atoms with Gasteiger partial charge in [-0.15, -0.1) is 0 Å². The van der Waals surface area contributed by atoms with Gasteiger partial charge in [0.25, 0.3) is 5.60 Å². The first-order valence-corrected chi connectivity index (χ1v) is 5.35. The topological polar surface area (TPSA) is 97.0 Å². The molecule has 6 heteroatoms. The van der Waals surface area contributed by atoms with E-state index in [1.165, 1.54) is 18.6 Å². The summed E-state index contributed by atoms with van der Waals surface area (Å²) < 4.78 is 10.1. The molecule has 0 unspecified atom stereocenters. The molecule has 0 aromatic carbocycles. The van der Waals surface area contributed by atoms with Crippen molar-refractivity contribution in [3.8, 4) is 0 Å². The van der Waals surface area contributed by atoms with Gasteiger partial charge in [-0.25, -0.2) is 9.59 Å². The van der Waals surface area contributed by atoms with Crippen molar-refractivity contribution in [3.63, 3.8) is 0 Å². The van der Waals surface area contributed by atoms with Crippen LogP contribution in [0.5, 0.6) is 0 Å². The molecular formula is C12H16O6. The Labute approximate surface area is 104 Å². The van der Waals surface area contributed by atoms with Crippen LogP contribution in [0.25, 0.3) is 0 Å². The smallest absolute Gasteiger partial charge is 0.348 e. The molecule has 0 fully saturated rings. The second-order valence-corrected chi connectivity index (χ2v) is 4.96. The lowest BCUT2D eigenvalue weighted by Crippen LogP contribution is -2.54. The Bertz CT molecular complexity index is 412. The number of carbonyl (C=O) groups is 2. The number of carboxylic acid groups (broad SMARTS) is 2. The van der Waals surface area contributed by atoms with Gasteiger partial charge in [-0.2, -0.15) is 0 Å². The summed E-state index contributed by atoms with van der Waals surface area (Å²) in [6.45, 7) is 4.80. The molecule has 0 saturated carbocycles.